The lowest BCUT2D eigenvalue weighted by atomic mass is 9.96. The van der Waals surface area contributed by atoms with Gasteiger partial charge in [-0.2, -0.15) is 0 Å². The minimum atomic E-state index is -0.871. The van der Waals surface area contributed by atoms with E-state index < -0.39 is 17.5 Å². The molecular formula is C23H25N3O3S. The lowest BCUT2D eigenvalue weighted by Gasteiger charge is -2.20. The van der Waals surface area contributed by atoms with Gasteiger partial charge in [-0.1, -0.05) is 29.5 Å². The van der Waals surface area contributed by atoms with Crippen molar-refractivity contribution in [2.45, 2.75) is 48.9 Å². The summed E-state index contributed by atoms with van der Waals surface area (Å²) < 4.78 is 0. The molecule has 30 heavy (non-hydrogen) atoms. The van der Waals surface area contributed by atoms with Crippen LogP contribution < -0.4 is 10.6 Å². The Morgan fingerprint density at radius 2 is 1.87 bits per heavy atom. The maximum absolute atomic E-state index is 12.6. The number of urea groups is 1. The van der Waals surface area contributed by atoms with Gasteiger partial charge in [0.25, 0.3) is 5.91 Å². The van der Waals surface area contributed by atoms with E-state index in [2.05, 4.69) is 42.7 Å². The van der Waals surface area contributed by atoms with Crippen LogP contribution in [0.4, 0.5) is 10.5 Å². The summed E-state index contributed by atoms with van der Waals surface area (Å²) in [5.41, 5.74) is 2.22. The summed E-state index contributed by atoms with van der Waals surface area (Å²) in [5.74, 6) is -0.539. The summed E-state index contributed by atoms with van der Waals surface area (Å²) in [4.78, 5) is 40.5. The molecule has 0 aromatic heterocycles. The Labute approximate surface area is 180 Å². The van der Waals surface area contributed by atoms with E-state index in [1.165, 1.54) is 16.0 Å². The van der Waals surface area contributed by atoms with Gasteiger partial charge in [0, 0.05) is 15.5 Å². The molecule has 156 valence electrons. The van der Waals surface area contributed by atoms with Crippen molar-refractivity contribution in [1.82, 2.24) is 10.2 Å². The average molecular weight is 424 g/mol. The number of benzene rings is 2. The molecule has 1 aliphatic heterocycles. The standard InChI is InChI=1S/C23H25N3O3S/c1-14-4-11-19(15(2)12-14)30-18-9-7-17(8-10-18)24-20(27)13-26-21(28)23(3,16-5-6-16)25-22(26)29/h4,7-12,16H,5-6,13H2,1-3H3,(H,24,27)(H,25,29)/t23-/m0/s1. The first-order valence-electron chi connectivity index (χ1n) is 10.1. The number of carbonyl (C=O) groups excluding carboxylic acids is 3. The van der Waals surface area contributed by atoms with E-state index in [0.717, 1.165) is 22.6 Å². The van der Waals surface area contributed by atoms with Gasteiger partial charge < -0.3 is 10.6 Å². The van der Waals surface area contributed by atoms with E-state index in [1.807, 2.05) is 24.3 Å². The molecule has 0 unspecified atom stereocenters. The number of imide groups is 1. The second-order valence-corrected chi connectivity index (χ2v) is 9.36. The van der Waals surface area contributed by atoms with E-state index >= 15 is 0 Å². The number of nitrogens with zero attached hydrogens (tertiary/aromatic N) is 1. The highest BCUT2D eigenvalue weighted by molar-refractivity contribution is 7.99. The molecule has 2 N–H and O–H groups in total. The van der Waals surface area contributed by atoms with Crippen LogP contribution in [0.25, 0.3) is 0 Å². The summed E-state index contributed by atoms with van der Waals surface area (Å²) in [6.07, 6.45) is 1.85. The number of anilines is 1. The topological polar surface area (TPSA) is 78.5 Å². The Balaban J connectivity index is 1.36. The highest BCUT2D eigenvalue weighted by Gasteiger charge is 2.56. The molecule has 0 bridgehead atoms. The SMILES string of the molecule is Cc1ccc(Sc2ccc(NC(=O)CN3C(=O)N[C@@](C)(C4CC4)C3=O)cc2)c(C)c1. The number of carbonyl (C=O) groups is 3. The van der Waals surface area contributed by atoms with Crippen LogP contribution in [0.1, 0.15) is 30.9 Å². The predicted molar refractivity (Wildman–Crippen MR) is 116 cm³/mol. The molecule has 1 aliphatic carbocycles. The summed E-state index contributed by atoms with van der Waals surface area (Å²) in [6.45, 7) is 5.62. The van der Waals surface area contributed by atoms with Crippen LogP contribution in [0, 0.1) is 19.8 Å². The first-order valence-corrected chi connectivity index (χ1v) is 10.9. The number of rotatable bonds is 6. The highest BCUT2D eigenvalue weighted by atomic mass is 32.2. The number of aryl methyl sites for hydroxylation is 2. The van der Waals surface area contributed by atoms with Crippen LogP contribution in [0.2, 0.25) is 0 Å². The van der Waals surface area contributed by atoms with Crippen molar-refractivity contribution < 1.29 is 14.4 Å². The zero-order valence-electron chi connectivity index (χ0n) is 17.3. The maximum Gasteiger partial charge on any atom is 0.325 e. The second kappa shape index (κ2) is 7.80. The quantitative estimate of drug-likeness (QED) is 0.686. The Morgan fingerprint density at radius 3 is 2.50 bits per heavy atom. The van der Waals surface area contributed by atoms with Gasteiger partial charge in [0.05, 0.1) is 0 Å². The molecule has 1 heterocycles. The van der Waals surface area contributed by atoms with Crippen molar-refractivity contribution >= 4 is 35.3 Å². The molecule has 4 amide bonds. The molecule has 2 aromatic rings. The van der Waals surface area contributed by atoms with Crippen LogP contribution in [0.15, 0.2) is 52.3 Å². The number of hydrogen-bond acceptors (Lipinski definition) is 4. The van der Waals surface area contributed by atoms with E-state index in [9.17, 15) is 14.4 Å². The van der Waals surface area contributed by atoms with Gasteiger partial charge in [0.2, 0.25) is 5.91 Å². The second-order valence-electron chi connectivity index (χ2n) is 8.24. The molecular weight excluding hydrogens is 398 g/mol. The summed E-state index contributed by atoms with van der Waals surface area (Å²) in [5, 5.41) is 5.52. The van der Waals surface area contributed by atoms with Gasteiger partial charge in [0.15, 0.2) is 0 Å². The van der Waals surface area contributed by atoms with Crippen molar-refractivity contribution in [1.29, 1.82) is 0 Å². The Hall–Kier alpha value is -2.80. The van der Waals surface area contributed by atoms with E-state index in [-0.39, 0.29) is 18.4 Å². The van der Waals surface area contributed by atoms with Gasteiger partial charge >= 0.3 is 6.03 Å². The van der Waals surface area contributed by atoms with Gasteiger partial charge in [-0.3, -0.25) is 14.5 Å². The minimum Gasteiger partial charge on any atom is -0.325 e. The fourth-order valence-electron chi connectivity index (χ4n) is 3.79. The number of nitrogens with one attached hydrogen (secondary N) is 2. The zero-order valence-corrected chi connectivity index (χ0v) is 18.1. The normalized spacial score (nSPS) is 21.0. The van der Waals surface area contributed by atoms with E-state index in [4.69, 9.17) is 0 Å². The molecule has 2 aliphatic rings. The molecule has 2 fully saturated rings. The Kier molecular flexibility index (Phi) is 5.32. The van der Waals surface area contributed by atoms with Crippen molar-refractivity contribution in [2.24, 2.45) is 5.92 Å². The molecule has 7 heteroatoms. The molecule has 0 radical (unpaired) electrons. The summed E-state index contributed by atoms with van der Waals surface area (Å²) in [6, 6.07) is 13.4. The highest BCUT2D eigenvalue weighted by Crippen LogP contribution is 2.42. The molecule has 1 saturated carbocycles. The van der Waals surface area contributed by atoms with Crippen molar-refractivity contribution in [3.05, 3.63) is 53.6 Å². The van der Waals surface area contributed by atoms with Gasteiger partial charge in [-0.05, 0) is 75.4 Å². The fourth-order valence-corrected chi connectivity index (χ4v) is 4.67. The first-order chi connectivity index (χ1) is 14.3. The first kappa shape index (κ1) is 20.5. The van der Waals surface area contributed by atoms with Gasteiger partial charge in [-0.15, -0.1) is 0 Å². The van der Waals surface area contributed by atoms with Crippen LogP contribution in [0.3, 0.4) is 0 Å². The lowest BCUT2D eigenvalue weighted by molar-refractivity contribution is -0.134. The lowest BCUT2D eigenvalue weighted by Crippen LogP contribution is -2.46. The van der Waals surface area contributed by atoms with Crippen LogP contribution in [0.5, 0.6) is 0 Å². The summed E-state index contributed by atoms with van der Waals surface area (Å²) >= 11 is 1.67. The van der Waals surface area contributed by atoms with E-state index in [0.29, 0.717) is 5.69 Å². The van der Waals surface area contributed by atoms with Crippen molar-refractivity contribution in [2.75, 3.05) is 11.9 Å². The van der Waals surface area contributed by atoms with Crippen molar-refractivity contribution in [3.63, 3.8) is 0 Å². The molecule has 2 aromatic carbocycles. The third-order valence-corrected chi connectivity index (χ3v) is 6.88. The molecule has 6 nitrogen and oxygen atoms in total. The third kappa shape index (κ3) is 4.07. The van der Waals surface area contributed by atoms with Crippen LogP contribution in [-0.2, 0) is 9.59 Å². The van der Waals surface area contributed by atoms with Gasteiger partial charge in [0.1, 0.15) is 12.1 Å². The number of amides is 4. The third-order valence-electron chi connectivity index (χ3n) is 5.69. The van der Waals surface area contributed by atoms with Crippen molar-refractivity contribution in [3.8, 4) is 0 Å². The zero-order chi connectivity index (χ0) is 21.5. The smallest absolute Gasteiger partial charge is 0.325 e. The molecule has 0 spiro atoms. The Morgan fingerprint density at radius 1 is 1.17 bits per heavy atom. The average Bonchev–Trinajstić information content (AvgIpc) is 3.52. The predicted octanol–water partition coefficient (Wildman–Crippen LogP) is 4.11. The van der Waals surface area contributed by atoms with Crippen LogP contribution in [-0.4, -0.2) is 34.8 Å². The maximum atomic E-state index is 12.6. The fraction of sp³-hybridized carbons (Fsp3) is 0.348. The van der Waals surface area contributed by atoms with Crippen LogP contribution >= 0.6 is 11.8 Å². The Bertz CT molecular complexity index is 1020. The number of hydrogen-bond donors (Lipinski definition) is 2. The molecule has 1 atom stereocenters. The molecule has 4 rings (SSSR count). The van der Waals surface area contributed by atoms with Gasteiger partial charge in [-0.25, -0.2) is 4.79 Å². The minimum absolute atomic E-state index is 0.171. The molecule has 1 saturated heterocycles. The monoisotopic (exact) mass is 423 g/mol. The van der Waals surface area contributed by atoms with E-state index in [1.54, 1.807) is 18.7 Å². The largest absolute Gasteiger partial charge is 0.325 e. The summed E-state index contributed by atoms with van der Waals surface area (Å²) in [7, 11) is 0.